The third-order valence-electron chi connectivity index (χ3n) is 2.73. The van der Waals surface area contributed by atoms with Crippen LogP contribution < -0.4 is 11.3 Å². The number of benzene rings is 1. The summed E-state index contributed by atoms with van der Waals surface area (Å²) in [7, 11) is 1.64. The lowest BCUT2D eigenvalue weighted by atomic mass is 10.0. The van der Waals surface area contributed by atoms with Crippen LogP contribution in [-0.2, 0) is 11.2 Å². The van der Waals surface area contributed by atoms with E-state index in [0.717, 1.165) is 0 Å². The number of rotatable bonds is 6. The molecule has 0 aliphatic rings. The minimum Gasteiger partial charge on any atom is -0.382 e. The van der Waals surface area contributed by atoms with Gasteiger partial charge in [-0.3, -0.25) is 11.3 Å². The number of methoxy groups -OCH3 is 1. The second-order valence-electron chi connectivity index (χ2n) is 4.09. The van der Waals surface area contributed by atoms with Crippen LogP contribution in [0.4, 0.5) is 4.39 Å². The Balaban J connectivity index is 2.69. The highest BCUT2D eigenvalue weighted by Crippen LogP contribution is 2.17. The fraction of sp³-hybridized carbons (Fsp3) is 0.500. The zero-order valence-corrected chi connectivity index (χ0v) is 10.8. The Morgan fingerprint density at radius 3 is 2.82 bits per heavy atom. The predicted molar refractivity (Wildman–Crippen MR) is 67.3 cm³/mol. The molecule has 1 aromatic rings. The second-order valence-corrected chi connectivity index (χ2v) is 4.52. The van der Waals surface area contributed by atoms with Crippen molar-refractivity contribution in [2.75, 3.05) is 7.11 Å². The summed E-state index contributed by atoms with van der Waals surface area (Å²) in [5.74, 6) is 5.19. The molecule has 0 spiro atoms. The Labute approximate surface area is 106 Å². The van der Waals surface area contributed by atoms with Gasteiger partial charge in [0.2, 0.25) is 0 Å². The van der Waals surface area contributed by atoms with Gasteiger partial charge in [-0.15, -0.1) is 0 Å². The smallest absolute Gasteiger partial charge is 0.126 e. The number of halogens is 2. The summed E-state index contributed by atoms with van der Waals surface area (Å²) in [6, 6.07) is 4.48. The SMILES string of the molecule is COC(C)CC(Cc1cc(Cl)ccc1F)NN. The Hall–Kier alpha value is -0.680. The molecule has 0 amide bonds. The van der Waals surface area contributed by atoms with Crippen molar-refractivity contribution in [3.63, 3.8) is 0 Å². The molecular weight excluding hydrogens is 243 g/mol. The number of hydrogen-bond donors (Lipinski definition) is 2. The molecular formula is C12H18ClFN2O. The molecule has 1 aromatic carbocycles. The van der Waals surface area contributed by atoms with Crippen molar-refractivity contribution in [3.05, 3.63) is 34.6 Å². The van der Waals surface area contributed by atoms with E-state index in [9.17, 15) is 4.39 Å². The largest absolute Gasteiger partial charge is 0.382 e. The van der Waals surface area contributed by atoms with Gasteiger partial charge in [0.05, 0.1) is 6.10 Å². The van der Waals surface area contributed by atoms with Crippen molar-refractivity contribution >= 4 is 11.6 Å². The summed E-state index contributed by atoms with van der Waals surface area (Å²) in [6.45, 7) is 1.94. The van der Waals surface area contributed by atoms with Gasteiger partial charge in [0.25, 0.3) is 0 Å². The Kier molecular flexibility index (Phi) is 5.85. The summed E-state index contributed by atoms with van der Waals surface area (Å²) >= 11 is 5.83. The second kappa shape index (κ2) is 6.91. The summed E-state index contributed by atoms with van der Waals surface area (Å²) in [6.07, 6.45) is 1.26. The first-order chi connectivity index (χ1) is 8.06. The summed E-state index contributed by atoms with van der Waals surface area (Å²) in [5, 5.41) is 0.525. The van der Waals surface area contributed by atoms with Crippen LogP contribution in [0.5, 0.6) is 0 Å². The highest BCUT2D eigenvalue weighted by atomic mass is 35.5. The van der Waals surface area contributed by atoms with E-state index in [1.165, 1.54) is 12.1 Å². The van der Waals surface area contributed by atoms with Crippen molar-refractivity contribution < 1.29 is 9.13 Å². The number of nitrogens with two attached hydrogens (primary N) is 1. The number of ether oxygens (including phenoxy) is 1. The van der Waals surface area contributed by atoms with Gasteiger partial charge < -0.3 is 4.74 Å². The molecule has 0 heterocycles. The lowest BCUT2D eigenvalue weighted by Gasteiger charge is -2.19. The normalized spacial score (nSPS) is 14.6. The first-order valence-corrected chi connectivity index (χ1v) is 5.87. The number of hydrazine groups is 1. The van der Waals surface area contributed by atoms with Gasteiger partial charge >= 0.3 is 0 Å². The molecule has 0 saturated heterocycles. The fourth-order valence-corrected chi connectivity index (χ4v) is 1.87. The number of hydrogen-bond acceptors (Lipinski definition) is 3. The fourth-order valence-electron chi connectivity index (χ4n) is 1.67. The van der Waals surface area contributed by atoms with Crippen LogP contribution in [0.3, 0.4) is 0 Å². The van der Waals surface area contributed by atoms with Crippen LogP contribution in [-0.4, -0.2) is 19.3 Å². The van der Waals surface area contributed by atoms with Gasteiger partial charge in [-0.1, -0.05) is 11.6 Å². The molecule has 3 nitrogen and oxygen atoms in total. The molecule has 5 heteroatoms. The van der Waals surface area contributed by atoms with E-state index in [0.29, 0.717) is 23.4 Å². The third kappa shape index (κ3) is 4.60. The van der Waals surface area contributed by atoms with Gasteiger partial charge in [-0.25, -0.2) is 4.39 Å². The van der Waals surface area contributed by atoms with Gasteiger partial charge in [-0.05, 0) is 43.5 Å². The monoisotopic (exact) mass is 260 g/mol. The van der Waals surface area contributed by atoms with Crippen molar-refractivity contribution in [1.82, 2.24) is 5.43 Å². The van der Waals surface area contributed by atoms with E-state index >= 15 is 0 Å². The van der Waals surface area contributed by atoms with Crippen LogP contribution in [0.25, 0.3) is 0 Å². The Morgan fingerprint density at radius 1 is 1.53 bits per heavy atom. The summed E-state index contributed by atoms with van der Waals surface area (Å²) in [5.41, 5.74) is 3.23. The zero-order chi connectivity index (χ0) is 12.8. The summed E-state index contributed by atoms with van der Waals surface area (Å²) < 4.78 is 18.7. The molecule has 0 saturated carbocycles. The maximum atomic E-state index is 13.5. The van der Waals surface area contributed by atoms with Crippen molar-refractivity contribution in [3.8, 4) is 0 Å². The van der Waals surface area contributed by atoms with Gasteiger partial charge in [0, 0.05) is 18.2 Å². The van der Waals surface area contributed by atoms with Crippen molar-refractivity contribution in [2.45, 2.75) is 31.9 Å². The number of nitrogens with one attached hydrogen (secondary N) is 1. The van der Waals surface area contributed by atoms with E-state index in [-0.39, 0.29) is 18.0 Å². The van der Waals surface area contributed by atoms with Crippen LogP contribution in [0, 0.1) is 5.82 Å². The van der Waals surface area contributed by atoms with E-state index in [2.05, 4.69) is 5.43 Å². The standard InChI is InChI=1S/C12H18ClFN2O/c1-8(17-2)5-11(16-15)7-9-6-10(13)3-4-12(9)14/h3-4,6,8,11,16H,5,7,15H2,1-2H3. The maximum Gasteiger partial charge on any atom is 0.126 e. The maximum absolute atomic E-state index is 13.5. The first kappa shape index (κ1) is 14.4. The Bertz CT molecular complexity index is 362. The third-order valence-corrected chi connectivity index (χ3v) is 2.96. The zero-order valence-electron chi connectivity index (χ0n) is 10.0. The highest BCUT2D eigenvalue weighted by molar-refractivity contribution is 6.30. The molecule has 0 aliphatic carbocycles. The van der Waals surface area contributed by atoms with Gasteiger partial charge in [0.15, 0.2) is 0 Å². The molecule has 2 unspecified atom stereocenters. The molecule has 2 atom stereocenters. The summed E-state index contributed by atoms with van der Waals surface area (Å²) in [4.78, 5) is 0. The first-order valence-electron chi connectivity index (χ1n) is 5.49. The molecule has 17 heavy (non-hydrogen) atoms. The minimum atomic E-state index is -0.264. The predicted octanol–water partition coefficient (Wildman–Crippen LogP) is 2.28. The minimum absolute atomic E-state index is 0.0436. The quantitative estimate of drug-likeness (QED) is 0.609. The van der Waals surface area contributed by atoms with Crippen LogP contribution in [0.15, 0.2) is 18.2 Å². The lowest BCUT2D eigenvalue weighted by molar-refractivity contribution is 0.100. The average Bonchev–Trinajstić information content (AvgIpc) is 2.32. The van der Waals surface area contributed by atoms with E-state index in [1.807, 2.05) is 6.92 Å². The van der Waals surface area contributed by atoms with Crippen molar-refractivity contribution in [2.24, 2.45) is 5.84 Å². The molecule has 0 radical (unpaired) electrons. The molecule has 0 fully saturated rings. The lowest BCUT2D eigenvalue weighted by Crippen LogP contribution is -2.39. The van der Waals surface area contributed by atoms with E-state index in [1.54, 1.807) is 13.2 Å². The van der Waals surface area contributed by atoms with Crippen LogP contribution >= 0.6 is 11.6 Å². The van der Waals surface area contributed by atoms with Crippen molar-refractivity contribution in [1.29, 1.82) is 0 Å². The Morgan fingerprint density at radius 2 is 2.24 bits per heavy atom. The average molecular weight is 261 g/mol. The molecule has 3 N–H and O–H groups in total. The van der Waals surface area contributed by atoms with Crippen LogP contribution in [0.1, 0.15) is 18.9 Å². The van der Waals surface area contributed by atoms with Gasteiger partial charge in [0.1, 0.15) is 5.82 Å². The molecule has 1 rings (SSSR count). The van der Waals surface area contributed by atoms with E-state index in [4.69, 9.17) is 22.2 Å². The van der Waals surface area contributed by atoms with Gasteiger partial charge in [-0.2, -0.15) is 0 Å². The topological polar surface area (TPSA) is 47.3 Å². The molecule has 0 bridgehead atoms. The van der Waals surface area contributed by atoms with E-state index < -0.39 is 0 Å². The molecule has 0 aliphatic heterocycles. The van der Waals surface area contributed by atoms with Crippen LogP contribution in [0.2, 0.25) is 5.02 Å². The molecule has 0 aromatic heterocycles. The highest BCUT2D eigenvalue weighted by Gasteiger charge is 2.14. The molecule has 96 valence electrons.